The highest BCUT2D eigenvalue weighted by atomic mass is 35.5. The maximum Gasteiger partial charge on any atom is 0.244 e. The summed E-state index contributed by atoms with van der Waals surface area (Å²) in [5.74, 6) is 0. The second-order valence-electron chi connectivity index (χ2n) is 6.28. The fourth-order valence-electron chi connectivity index (χ4n) is 2.41. The van der Waals surface area contributed by atoms with Gasteiger partial charge in [-0.05, 0) is 30.0 Å². The number of nitrogens with two attached hydrogens (primary N) is 1. The molecule has 0 fully saturated rings. The molecule has 1 aromatic carbocycles. The predicted octanol–water partition coefficient (Wildman–Crippen LogP) is 3.29. The third kappa shape index (κ3) is 3.42. The lowest BCUT2D eigenvalue weighted by Gasteiger charge is -2.31. The van der Waals surface area contributed by atoms with Crippen molar-refractivity contribution in [3.63, 3.8) is 0 Å². The molecule has 116 valence electrons. The summed E-state index contributed by atoms with van der Waals surface area (Å²) in [7, 11) is -3.61. The zero-order valence-electron chi connectivity index (χ0n) is 12.6. The maximum atomic E-state index is 12.7. The number of halogens is 1. The molecule has 0 unspecified atom stereocenters. The largest absolute Gasteiger partial charge is 0.399 e. The van der Waals surface area contributed by atoms with Gasteiger partial charge in [-0.3, -0.25) is 0 Å². The van der Waals surface area contributed by atoms with Gasteiger partial charge in [-0.15, -0.1) is 0 Å². The quantitative estimate of drug-likeness (QED) is 0.669. The van der Waals surface area contributed by atoms with Gasteiger partial charge in [0.25, 0.3) is 0 Å². The molecule has 0 aromatic heterocycles. The molecule has 2 N–H and O–H groups in total. The summed E-state index contributed by atoms with van der Waals surface area (Å²) < 4.78 is 26.8. The molecule has 1 heterocycles. The number of benzene rings is 1. The van der Waals surface area contributed by atoms with Gasteiger partial charge in [-0.1, -0.05) is 44.0 Å². The van der Waals surface area contributed by atoms with Gasteiger partial charge >= 0.3 is 0 Å². The van der Waals surface area contributed by atoms with E-state index in [1.165, 1.54) is 22.0 Å². The van der Waals surface area contributed by atoms with Crippen LogP contribution in [0.3, 0.4) is 0 Å². The first kappa shape index (κ1) is 16.3. The summed E-state index contributed by atoms with van der Waals surface area (Å²) in [6, 6.07) is 4.53. The van der Waals surface area contributed by atoms with E-state index in [1.54, 1.807) is 6.07 Å². The van der Waals surface area contributed by atoms with Crippen LogP contribution >= 0.6 is 11.6 Å². The molecule has 0 saturated heterocycles. The van der Waals surface area contributed by atoms with Crippen molar-refractivity contribution in [3.05, 3.63) is 34.9 Å². The minimum atomic E-state index is -3.61. The average molecular weight is 329 g/mol. The molecule has 0 aliphatic carbocycles. The van der Waals surface area contributed by atoms with Gasteiger partial charge in [-0.25, -0.2) is 8.42 Å². The second kappa shape index (κ2) is 5.63. The Balaban J connectivity index is 2.31. The highest BCUT2D eigenvalue weighted by Crippen LogP contribution is 2.33. The molecule has 0 bridgehead atoms. The monoisotopic (exact) mass is 328 g/mol. The number of nitrogens with zero attached hydrogens (tertiary/aromatic N) is 1. The van der Waals surface area contributed by atoms with E-state index in [0.717, 1.165) is 6.42 Å². The van der Waals surface area contributed by atoms with E-state index >= 15 is 0 Å². The molecule has 0 radical (unpaired) electrons. The van der Waals surface area contributed by atoms with Crippen LogP contribution in [0.1, 0.15) is 27.2 Å². The van der Waals surface area contributed by atoms with Crippen molar-refractivity contribution in [1.82, 2.24) is 4.31 Å². The standard InChI is InChI=1S/C15H21ClN2O2S/c1-15(2,3)11-6-8-18(9-7-11)21(19,20)14-10-12(17)4-5-13(14)16/h4-6,10H,7-9,17H2,1-3H3. The van der Waals surface area contributed by atoms with Gasteiger partial charge in [0, 0.05) is 18.8 Å². The van der Waals surface area contributed by atoms with Crippen LogP contribution in [0.5, 0.6) is 0 Å². The van der Waals surface area contributed by atoms with Crippen LogP contribution in [0.25, 0.3) is 0 Å². The molecular formula is C15H21ClN2O2S. The lowest BCUT2D eigenvalue weighted by atomic mass is 9.83. The molecule has 0 amide bonds. The Morgan fingerprint density at radius 2 is 1.95 bits per heavy atom. The van der Waals surface area contributed by atoms with Gasteiger partial charge in [0.05, 0.1) is 5.02 Å². The van der Waals surface area contributed by atoms with Gasteiger partial charge in [0.2, 0.25) is 10.0 Å². The summed E-state index contributed by atoms with van der Waals surface area (Å²) in [4.78, 5) is 0.0803. The van der Waals surface area contributed by atoms with Crippen LogP contribution < -0.4 is 5.73 Å². The van der Waals surface area contributed by atoms with Gasteiger partial charge in [0.1, 0.15) is 4.90 Å². The van der Waals surface area contributed by atoms with Crippen LogP contribution in [0.4, 0.5) is 5.69 Å². The Bertz CT molecular complexity index is 675. The van der Waals surface area contributed by atoms with Gasteiger partial charge < -0.3 is 5.73 Å². The number of rotatable bonds is 2. The Labute approximate surface area is 131 Å². The number of nitrogen functional groups attached to an aromatic ring is 1. The molecule has 1 aliphatic rings. The zero-order chi connectivity index (χ0) is 15.8. The topological polar surface area (TPSA) is 63.4 Å². The Hall–Kier alpha value is -1.04. The first-order chi connectivity index (χ1) is 9.62. The Morgan fingerprint density at radius 3 is 2.48 bits per heavy atom. The summed E-state index contributed by atoms with van der Waals surface area (Å²) in [6.45, 7) is 7.25. The van der Waals surface area contributed by atoms with Crippen LogP contribution in [-0.2, 0) is 10.0 Å². The van der Waals surface area contributed by atoms with Crippen molar-refractivity contribution >= 4 is 27.3 Å². The van der Waals surface area contributed by atoms with Crippen LogP contribution in [0, 0.1) is 5.41 Å². The normalized spacial score (nSPS) is 17.6. The third-order valence-corrected chi connectivity index (χ3v) is 6.05. The summed E-state index contributed by atoms with van der Waals surface area (Å²) in [5, 5.41) is 0.204. The van der Waals surface area contributed by atoms with Crippen molar-refractivity contribution < 1.29 is 8.42 Å². The van der Waals surface area contributed by atoms with Crippen LogP contribution in [0.15, 0.2) is 34.7 Å². The summed E-state index contributed by atoms with van der Waals surface area (Å²) >= 11 is 6.02. The number of anilines is 1. The Kier molecular flexibility index (Phi) is 4.38. The molecule has 0 saturated carbocycles. The fourth-order valence-corrected chi connectivity index (χ4v) is 4.30. The van der Waals surface area contributed by atoms with Gasteiger partial charge in [-0.2, -0.15) is 4.31 Å². The van der Waals surface area contributed by atoms with Crippen molar-refractivity contribution in [2.75, 3.05) is 18.8 Å². The van der Waals surface area contributed by atoms with E-state index in [-0.39, 0.29) is 15.3 Å². The highest BCUT2D eigenvalue weighted by Gasteiger charge is 2.30. The molecule has 4 nitrogen and oxygen atoms in total. The first-order valence-corrected chi connectivity index (χ1v) is 8.69. The highest BCUT2D eigenvalue weighted by molar-refractivity contribution is 7.89. The van der Waals surface area contributed by atoms with Crippen molar-refractivity contribution in [2.24, 2.45) is 5.41 Å². The van der Waals surface area contributed by atoms with Crippen molar-refractivity contribution in [1.29, 1.82) is 0 Å². The lowest BCUT2D eigenvalue weighted by molar-refractivity contribution is 0.389. The maximum absolute atomic E-state index is 12.7. The molecule has 2 rings (SSSR count). The third-order valence-electron chi connectivity index (χ3n) is 3.71. The SMILES string of the molecule is CC(C)(C)C1=CCN(S(=O)(=O)c2cc(N)ccc2Cl)CC1. The van der Waals surface area contributed by atoms with E-state index in [1.807, 2.05) is 6.08 Å². The zero-order valence-corrected chi connectivity index (χ0v) is 14.1. The first-order valence-electron chi connectivity index (χ1n) is 6.87. The number of hydrogen-bond acceptors (Lipinski definition) is 3. The van der Waals surface area contributed by atoms with E-state index in [9.17, 15) is 8.42 Å². The summed E-state index contributed by atoms with van der Waals surface area (Å²) in [6.07, 6.45) is 2.74. The molecule has 1 aromatic rings. The molecule has 0 spiro atoms. The molecule has 6 heteroatoms. The minimum absolute atomic E-state index is 0.0741. The molecule has 0 atom stereocenters. The molecule has 21 heavy (non-hydrogen) atoms. The van der Waals surface area contributed by atoms with Crippen LogP contribution in [-0.4, -0.2) is 25.8 Å². The average Bonchev–Trinajstić information content (AvgIpc) is 2.40. The van der Waals surface area contributed by atoms with Gasteiger partial charge in [0.15, 0.2) is 0 Å². The minimum Gasteiger partial charge on any atom is -0.399 e. The number of hydrogen-bond donors (Lipinski definition) is 1. The molecular weight excluding hydrogens is 308 g/mol. The summed E-state index contributed by atoms with van der Waals surface area (Å²) in [5.41, 5.74) is 7.43. The number of sulfonamides is 1. The fraction of sp³-hybridized carbons (Fsp3) is 0.467. The van der Waals surface area contributed by atoms with E-state index in [2.05, 4.69) is 20.8 Å². The second-order valence-corrected chi connectivity index (χ2v) is 8.60. The van der Waals surface area contributed by atoms with Crippen molar-refractivity contribution in [2.45, 2.75) is 32.1 Å². The van der Waals surface area contributed by atoms with Crippen molar-refractivity contribution in [3.8, 4) is 0 Å². The van der Waals surface area contributed by atoms with E-state index in [0.29, 0.717) is 18.8 Å². The Morgan fingerprint density at radius 1 is 1.29 bits per heavy atom. The smallest absolute Gasteiger partial charge is 0.244 e. The molecule has 1 aliphatic heterocycles. The van der Waals surface area contributed by atoms with E-state index < -0.39 is 10.0 Å². The van der Waals surface area contributed by atoms with Crippen LogP contribution in [0.2, 0.25) is 5.02 Å². The lowest BCUT2D eigenvalue weighted by Crippen LogP contribution is -2.36. The van der Waals surface area contributed by atoms with E-state index in [4.69, 9.17) is 17.3 Å². The predicted molar refractivity (Wildman–Crippen MR) is 86.8 cm³/mol.